The molecule has 1 heterocycles. The maximum atomic E-state index is 11.1. The quantitative estimate of drug-likeness (QED) is 0.578. The first-order valence-corrected chi connectivity index (χ1v) is 5.68. The lowest BCUT2D eigenvalue weighted by Crippen LogP contribution is -1.97. The first kappa shape index (κ1) is 12.5. The van der Waals surface area contributed by atoms with Crippen molar-refractivity contribution in [3.8, 4) is 11.8 Å². The molecule has 16 heavy (non-hydrogen) atoms. The number of hydrogen-bond acceptors (Lipinski definition) is 4. The summed E-state index contributed by atoms with van der Waals surface area (Å²) in [4.78, 5) is 25.8. The fraction of sp³-hybridized carbons (Fsp3) is 0.250. The molecule has 0 N–H and O–H groups in total. The zero-order chi connectivity index (χ0) is 12.0. The first-order chi connectivity index (χ1) is 7.59. The number of rotatable bonds is 2. The fourth-order valence-corrected chi connectivity index (χ4v) is 1.31. The molecular formula is C12H11NO2S. The summed E-state index contributed by atoms with van der Waals surface area (Å²) in [5, 5.41) is 0.0414. The van der Waals surface area contributed by atoms with Gasteiger partial charge in [-0.25, -0.2) is 4.98 Å². The van der Waals surface area contributed by atoms with Crippen LogP contribution in [0.5, 0.6) is 0 Å². The van der Waals surface area contributed by atoms with E-state index in [1.165, 1.54) is 13.8 Å². The van der Waals surface area contributed by atoms with Crippen LogP contribution >= 0.6 is 11.8 Å². The van der Waals surface area contributed by atoms with Crippen molar-refractivity contribution < 1.29 is 9.59 Å². The van der Waals surface area contributed by atoms with Gasteiger partial charge in [-0.1, -0.05) is 23.7 Å². The van der Waals surface area contributed by atoms with Crippen molar-refractivity contribution in [2.45, 2.75) is 13.8 Å². The monoisotopic (exact) mass is 233 g/mol. The molecule has 0 amide bonds. The molecule has 0 aliphatic carbocycles. The maximum Gasteiger partial charge on any atom is 0.186 e. The van der Waals surface area contributed by atoms with E-state index >= 15 is 0 Å². The molecule has 3 nitrogen and oxygen atoms in total. The number of Topliss-reactive ketones (excluding diaryl/α,β-unsaturated/α-hetero) is 1. The smallest absolute Gasteiger partial charge is 0.186 e. The Kier molecular flexibility index (Phi) is 4.74. The summed E-state index contributed by atoms with van der Waals surface area (Å²) < 4.78 is 0. The van der Waals surface area contributed by atoms with Crippen molar-refractivity contribution in [2.75, 3.05) is 5.75 Å². The van der Waals surface area contributed by atoms with E-state index in [9.17, 15) is 9.59 Å². The number of carbonyl (C=O) groups excluding carboxylic acids is 2. The Morgan fingerprint density at radius 3 is 2.75 bits per heavy atom. The highest BCUT2D eigenvalue weighted by atomic mass is 32.2. The fourth-order valence-electron chi connectivity index (χ4n) is 0.965. The number of nitrogens with zero attached hydrogens (tertiary/aromatic N) is 1. The summed E-state index contributed by atoms with van der Waals surface area (Å²) >= 11 is 1.15. The molecule has 0 spiro atoms. The summed E-state index contributed by atoms with van der Waals surface area (Å²) in [6, 6.07) is 5.13. The minimum Gasteiger partial charge on any atom is -0.293 e. The van der Waals surface area contributed by atoms with Crippen LogP contribution in [-0.4, -0.2) is 21.6 Å². The summed E-state index contributed by atoms with van der Waals surface area (Å²) in [5.41, 5.74) is 0.961. The molecule has 1 aromatic heterocycles. The molecule has 0 aliphatic rings. The van der Waals surface area contributed by atoms with Crippen LogP contribution in [0.4, 0.5) is 0 Å². The van der Waals surface area contributed by atoms with Crippen LogP contribution in [0.15, 0.2) is 18.2 Å². The van der Waals surface area contributed by atoms with E-state index in [1.54, 1.807) is 18.2 Å². The van der Waals surface area contributed by atoms with Crippen molar-refractivity contribution in [3.05, 3.63) is 29.6 Å². The Hall–Kier alpha value is -1.60. The molecule has 0 bridgehead atoms. The molecule has 0 saturated carbocycles. The third-order valence-electron chi connectivity index (χ3n) is 1.67. The van der Waals surface area contributed by atoms with Crippen LogP contribution in [0.3, 0.4) is 0 Å². The van der Waals surface area contributed by atoms with Crippen molar-refractivity contribution in [3.63, 3.8) is 0 Å². The maximum absolute atomic E-state index is 11.1. The van der Waals surface area contributed by atoms with Crippen molar-refractivity contribution >= 4 is 22.7 Å². The standard InChI is InChI=1S/C12H11NO2S/c1-9(14)12-7-3-5-11(13-12)6-4-8-16-10(2)15/h3,5,7H,8H2,1-2H3. The third-order valence-corrected chi connectivity index (χ3v) is 2.37. The summed E-state index contributed by atoms with van der Waals surface area (Å²) in [6.45, 7) is 2.96. The lowest BCUT2D eigenvalue weighted by molar-refractivity contribution is -0.109. The minimum absolute atomic E-state index is 0.0414. The predicted molar refractivity (Wildman–Crippen MR) is 64.3 cm³/mol. The summed E-state index contributed by atoms with van der Waals surface area (Å²) in [5.74, 6) is 5.99. The molecule has 0 aromatic carbocycles. The van der Waals surface area contributed by atoms with Gasteiger partial charge in [-0.2, -0.15) is 0 Å². The van der Waals surface area contributed by atoms with Crippen molar-refractivity contribution in [1.29, 1.82) is 0 Å². The Morgan fingerprint density at radius 1 is 1.38 bits per heavy atom. The van der Waals surface area contributed by atoms with E-state index in [2.05, 4.69) is 16.8 Å². The van der Waals surface area contributed by atoms with Gasteiger partial charge < -0.3 is 0 Å². The van der Waals surface area contributed by atoms with Crippen molar-refractivity contribution in [1.82, 2.24) is 4.98 Å². The normalized spacial score (nSPS) is 9.12. The average molecular weight is 233 g/mol. The zero-order valence-electron chi connectivity index (χ0n) is 9.11. The van der Waals surface area contributed by atoms with E-state index in [-0.39, 0.29) is 10.9 Å². The van der Waals surface area contributed by atoms with Crippen LogP contribution in [-0.2, 0) is 4.79 Å². The molecule has 0 aliphatic heterocycles. The van der Waals surface area contributed by atoms with Crippen molar-refractivity contribution in [2.24, 2.45) is 0 Å². The van der Waals surface area contributed by atoms with Gasteiger partial charge in [-0.3, -0.25) is 9.59 Å². The second-order valence-corrected chi connectivity index (χ2v) is 4.20. The molecule has 0 radical (unpaired) electrons. The Morgan fingerprint density at radius 2 is 2.12 bits per heavy atom. The van der Waals surface area contributed by atoms with E-state index in [0.717, 1.165) is 11.8 Å². The molecule has 1 aromatic rings. The molecule has 1 rings (SSSR count). The van der Waals surface area contributed by atoms with Gasteiger partial charge in [0.25, 0.3) is 0 Å². The highest BCUT2D eigenvalue weighted by Crippen LogP contribution is 2.01. The van der Waals surface area contributed by atoms with E-state index < -0.39 is 0 Å². The first-order valence-electron chi connectivity index (χ1n) is 4.70. The van der Waals surface area contributed by atoms with Gasteiger partial charge in [0.05, 0.1) is 5.75 Å². The third kappa shape index (κ3) is 4.28. The van der Waals surface area contributed by atoms with Gasteiger partial charge in [0.1, 0.15) is 11.4 Å². The molecule has 0 fully saturated rings. The molecule has 0 atom stereocenters. The van der Waals surface area contributed by atoms with E-state index in [0.29, 0.717) is 17.1 Å². The topological polar surface area (TPSA) is 47.0 Å². The number of aromatic nitrogens is 1. The van der Waals surface area contributed by atoms with Crippen LogP contribution in [0.25, 0.3) is 0 Å². The SMILES string of the molecule is CC(=O)SCC#Cc1cccc(C(C)=O)n1. The van der Waals surface area contributed by atoms with Gasteiger partial charge in [-0.05, 0) is 18.1 Å². The largest absolute Gasteiger partial charge is 0.293 e. The molecule has 4 heteroatoms. The minimum atomic E-state index is -0.0817. The van der Waals surface area contributed by atoms with E-state index in [4.69, 9.17) is 0 Å². The number of hydrogen-bond donors (Lipinski definition) is 0. The van der Waals surface area contributed by atoms with Crippen LogP contribution in [0, 0.1) is 11.8 Å². The summed E-state index contributed by atoms with van der Waals surface area (Å²) in [7, 11) is 0. The number of ketones is 1. The molecule has 0 unspecified atom stereocenters. The Balaban J connectivity index is 2.70. The van der Waals surface area contributed by atoms with Gasteiger partial charge in [0.15, 0.2) is 10.9 Å². The lowest BCUT2D eigenvalue weighted by atomic mass is 10.2. The molecule has 0 saturated heterocycles. The van der Waals surface area contributed by atoms with Gasteiger partial charge in [0, 0.05) is 13.8 Å². The number of thioether (sulfide) groups is 1. The zero-order valence-corrected chi connectivity index (χ0v) is 9.93. The van der Waals surface area contributed by atoms with Gasteiger partial charge in [0.2, 0.25) is 0 Å². The second-order valence-electron chi connectivity index (χ2n) is 3.05. The number of pyridine rings is 1. The Bertz CT molecular complexity index is 471. The van der Waals surface area contributed by atoms with Crippen LogP contribution < -0.4 is 0 Å². The van der Waals surface area contributed by atoms with E-state index in [1.807, 2.05) is 0 Å². The molecule has 82 valence electrons. The summed E-state index contributed by atoms with van der Waals surface area (Å²) in [6.07, 6.45) is 0. The highest BCUT2D eigenvalue weighted by Gasteiger charge is 1.99. The average Bonchev–Trinajstić information content (AvgIpc) is 2.24. The van der Waals surface area contributed by atoms with Crippen LogP contribution in [0.1, 0.15) is 30.0 Å². The molecular weight excluding hydrogens is 222 g/mol. The number of carbonyl (C=O) groups is 2. The lowest BCUT2D eigenvalue weighted by Gasteiger charge is -1.94. The Labute approximate surface area is 98.7 Å². The predicted octanol–water partition coefficient (Wildman–Crippen LogP) is 1.92. The van der Waals surface area contributed by atoms with Crippen LogP contribution in [0.2, 0.25) is 0 Å². The van der Waals surface area contributed by atoms with Gasteiger partial charge >= 0.3 is 0 Å². The second kappa shape index (κ2) is 6.09. The van der Waals surface area contributed by atoms with Gasteiger partial charge in [-0.15, -0.1) is 0 Å². The highest BCUT2D eigenvalue weighted by molar-refractivity contribution is 8.13.